The molecule has 0 saturated heterocycles. The third kappa shape index (κ3) is 3.41. The van der Waals surface area contributed by atoms with E-state index in [0.29, 0.717) is 6.54 Å². The van der Waals surface area contributed by atoms with Gasteiger partial charge >= 0.3 is 0 Å². The predicted molar refractivity (Wildman–Crippen MR) is 74.2 cm³/mol. The molecule has 0 bridgehead atoms. The summed E-state index contributed by atoms with van der Waals surface area (Å²) in [5.74, 6) is -0.516. The van der Waals surface area contributed by atoms with Gasteiger partial charge in [-0.3, -0.25) is 0 Å². The van der Waals surface area contributed by atoms with Crippen LogP contribution in [0.15, 0.2) is 48.5 Å². The molecule has 3 nitrogen and oxygen atoms in total. The van der Waals surface area contributed by atoms with Crippen LogP contribution >= 0.6 is 0 Å². The summed E-state index contributed by atoms with van der Waals surface area (Å²) in [5, 5.41) is 21.4. The summed E-state index contributed by atoms with van der Waals surface area (Å²) in [5.41, 5.74) is 1.82. The highest BCUT2D eigenvalue weighted by molar-refractivity contribution is 5.34. The van der Waals surface area contributed by atoms with Gasteiger partial charge in [-0.15, -0.1) is 0 Å². The van der Waals surface area contributed by atoms with Crippen LogP contribution in [-0.2, 0) is 6.54 Å². The molecule has 2 rings (SSSR count). The number of nitriles is 1. The average Bonchev–Trinajstić information content (AvgIpc) is 2.50. The minimum atomic E-state index is -0.516. The maximum absolute atomic E-state index is 13.2. The molecule has 2 aromatic carbocycles. The summed E-state index contributed by atoms with van der Waals surface area (Å²) in [6.45, 7) is 0.422. The van der Waals surface area contributed by atoms with Gasteiger partial charge in [0, 0.05) is 6.54 Å². The summed E-state index contributed by atoms with van der Waals surface area (Å²) in [7, 11) is 0. The fraction of sp³-hybridized carbons (Fsp3) is 0.188. The van der Waals surface area contributed by atoms with Crippen molar-refractivity contribution in [2.24, 2.45) is 0 Å². The van der Waals surface area contributed by atoms with E-state index >= 15 is 0 Å². The van der Waals surface area contributed by atoms with E-state index in [4.69, 9.17) is 5.26 Å². The molecule has 2 N–H and O–H groups in total. The number of aliphatic hydroxyl groups excluding tert-OH is 1. The van der Waals surface area contributed by atoms with Crippen molar-refractivity contribution < 1.29 is 9.50 Å². The molecule has 0 aliphatic heterocycles. The molecule has 0 amide bonds. The lowest BCUT2D eigenvalue weighted by atomic mass is 10.1. The molecular formula is C16H15FN2O. The molecule has 1 unspecified atom stereocenters. The molecule has 2 aromatic rings. The predicted octanol–water partition coefficient (Wildman–Crippen LogP) is 2.52. The Morgan fingerprint density at radius 3 is 2.60 bits per heavy atom. The van der Waals surface area contributed by atoms with Gasteiger partial charge in [-0.05, 0) is 23.3 Å². The summed E-state index contributed by atoms with van der Waals surface area (Å²) in [6.07, 6.45) is 0. The van der Waals surface area contributed by atoms with Crippen LogP contribution in [0.1, 0.15) is 22.7 Å². The monoisotopic (exact) mass is 270 g/mol. The lowest BCUT2D eigenvalue weighted by Gasteiger charge is -2.16. The smallest absolute Gasteiger partial charge is 0.140 e. The number of halogens is 1. The van der Waals surface area contributed by atoms with Gasteiger partial charge in [-0.1, -0.05) is 36.4 Å². The van der Waals surface area contributed by atoms with E-state index in [-0.39, 0.29) is 18.2 Å². The van der Waals surface area contributed by atoms with E-state index in [1.54, 1.807) is 6.07 Å². The normalized spacial score (nSPS) is 11.8. The summed E-state index contributed by atoms with van der Waals surface area (Å²) in [4.78, 5) is 0. The van der Waals surface area contributed by atoms with Crippen molar-refractivity contribution in [3.63, 3.8) is 0 Å². The zero-order chi connectivity index (χ0) is 14.4. The number of benzene rings is 2. The first-order valence-electron chi connectivity index (χ1n) is 6.32. The molecule has 0 heterocycles. The maximum atomic E-state index is 13.2. The zero-order valence-electron chi connectivity index (χ0n) is 10.9. The molecule has 102 valence electrons. The van der Waals surface area contributed by atoms with E-state index in [2.05, 4.69) is 5.32 Å². The Labute approximate surface area is 117 Å². The second kappa shape index (κ2) is 6.80. The second-order valence-electron chi connectivity index (χ2n) is 4.45. The molecule has 0 aliphatic rings. The van der Waals surface area contributed by atoms with Crippen molar-refractivity contribution in [1.29, 1.82) is 5.26 Å². The van der Waals surface area contributed by atoms with E-state index in [1.165, 1.54) is 12.1 Å². The minimum Gasteiger partial charge on any atom is -0.394 e. The highest BCUT2D eigenvalue weighted by Gasteiger charge is 2.10. The summed E-state index contributed by atoms with van der Waals surface area (Å²) < 4.78 is 13.2. The molecule has 0 saturated carbocycles. The molecule has 0 radical (unpaired) electrons. The largest absolute Gasteiger partial charge is 0.394 e. The fourth-order valence-corrected chi connectivity index (χ4v) is 1.98. The fourth-order valence-electron chi connectivity index (χ4n) is 1.98. The molecular weight excluding hydrogens is 255 g/mol. The summed E-state index contributed by atoms with van der Waals surface area (Å²) >= 11 is 0. The van der Waals surface area contributed by atoms with Crippen molar-refractivity contribution in [2.45, 2.75) is 12.6 Å². The van der Waals surface area contributed by atoms with Crippen LogP contribution < -0.4 is 5.32 Å². The Hall–Kier alpha value is -2.22. The highest BCUT2D eigenvalue weighted by atomic mass is 19.1. The Bertz CT molecular complexity index is 608. The van der Waals surface area contributed by atoms with Gasteiger partial charge in [0.2, 0.25) is 0 Å². The Kier molecular flexibility index (Phi) is 4.83. The second-order valence-corrected chi connectivity index (χ2v) is 4.45. The molecule has 0 aromatic heterocycles. The van der Waals surface area contributed by atoms with Gasteiger partial charge < -0.3 is 10.4 Å². The van der Waals surface area contributed by atoms with E-state index < -0.39 is 5.82 Å². The average molecular weight is 270 g/mol. The SMILES string of the molecule is N#Cc1cc(CNC(CO)c2ccccc2)ccc1F. The third-order valence-electron chi connectivity index (χ3n) is 3.09. The Morgan fingerprint density at radius 1 is 1.20 bits per heavy atom. The number of nitrogens with zero attached hydrogens (tertiary/aromatic N) is 1. The van der Waals surface area contributed by atoms with Gasteiger partial charge in [-0.2, -0.15) is 5.26 Å². The standard InChI is InChI=1S/C16H15FN2O/c17-15-7-6-12(8-14(15)9-18)10-19-16(11-20)13-4-2-1-3-5-13/h1-8,16,19-20H,10-11H2. The van der Waals surface area contributed by atoms with Crippen molar-refractivity contribution in [1.82, 2.24) is 5.32 Å². The Morgan fingerprint density at radius 2 is 1.95 bits per heavy atom. The first-order valence-corrected chi connectivity index (χ1v) is 6.32. The van der Waals surface area contributed by atoms with Gasteiger partial charge in [-0.25, -0.2) is 4.39 Å². The van der Waals surface area contributed by atoms with E-state index in [9.17, 15) is 9.50 Å². The lowest BCUT2D eigenvalue weighted by Crippen LogP contribution is -2.24. The van der Waals surface area contributed by atoms with E-state index in [0.717, 1.165) is 11.1 Å². The van der Waals surface area contributed by atoms with Gasteiger partial charge in [0.15, 0.2) is 0 Å². The molecule has 4 heteroatoms. The highest BCUT2D eigenvalue weighted by Crippen LogP contribution is 2.14. The number of hydrogen-bond donors (Lipinski definition) is 2. The van der Waals surface area contributed by atoms with Crippen LogP contribution in [0.2, 0.25) is 0 Å². The molecule has 0 spiro atoms. The van der Waals surface area contributed by atoms with Crippen molar-refractivity contribution in [3.05, 3.63) is 71.0 Å². The number of nitrogens with one attached hydrogen (secondary N) is 1. The van der Waals surface area contributed by atoms with Crippen LogP contribution in [-0.4, -0.2) is 11.7 Å². The van der Waals surface area contributed by atoms with Crippen LogP contribution in [0.4, 0.5) is 4.39 Å². The first-order chi connectivity index (χ1) is 9.74. The molecule has 0 aliphatic carbocycles. The van der Waals surface area contributed by atoms with Gasteiger partial charge in [0.1, 0.15) is 11.9 Å². The lowest BCUT2D eigenvalue weighted by molar-refractivity contribution is 0.243. The number of hydrogen-bond acceptors (Lipinski definition) is 3. The Balaban J connectivity index is 2.06. The molecule has 1 atom stereocenters. The van der Waals surface area contributed by atoms with Crippen LogP contribution in [0.25, 0.3) is 0 Å². The number of aliphatic hydroxyl groups is 1. The number of rotatable bonds is 5. The first kappa shape index (κ1) is 14.2. The van der Waals surface area contributed by atoms with Crippen molar-refractivity contribution in [2.75, 3.05) is 6.61 Å². The molecule has 20 heavy (non-hydrogen) atoms. The van der Waals surface area contributed by atoms with Crippen LogP contribution in [0, 0.1) is 17.1 Å². The third-order valence-corrected chi connectivity index (χ3v) is 3.09. The minimum absolute atomic E-state index is 0.0314. The summed E-state index contributed by atoms with van der Waals surface area (Å²) in [6, 6.07) is 15.6. The van der Waals surface area contributed by atoms with Gasteiger partial charge in [0.05, 0.1) is 18.2 Å². The van der Waals surface area contributed by atoms with Gasteiger partial charge in [0.25, 0.3) is 0 Å². The molecule has 0 fully saturated rings. The van der Waals surface area contributed by atoms with Crippen molar-refractivity contribution >= 4 is 0 Å². The quantitative estimate of drug-likeness (QED) is 0.877. The topological polar surface area (TPSA) is 56.0 Å². The van der Waals surface area contributed by atoms with Crippen LogP contribution in [0.5, 0.6) is 0 Å². The maximum Gasteiger partial charge on any atom is 0.140 e. The van der Waals surface area contributed by atoms with Crippen molar-refractivity contribution in [3.8, 4) is 6.07 Å². The van der Waals surface area contributed by atoms with E-state index in [1.807, 2.05) is 36.4 Å². The zero-order valence-corrected chi connectivity index (χ0v) is 10.9. The van der Waals surface area contributed by atoms with Crippen LogP contribution in [0.3, 0.4) is 0 Å².